The van der Waals surface area contributed by atoms with Crippen molar-refractivity contribution in [1.29, 1.82) is 0 Å². The lowest BCUT2D eigenvalue weighted by Gasteiger charge is -2.21. The highest BCUT2D eigenvalue weighted by Gasteiger charge is 2.24. The number of hydrogen-bond donors (Lipinski definition) is 1. The van der Waals surface area contributed by atoms with E-state index < -0.39 is 15.6 Å². The van der Waals surface area contributed by atoms with Gasteiger partial charge in [-0.3, -0.25) is 0 Å². The number of rotatable bonds is 6. The quantitative estimate of drug-likeness (QED) is 0.821. The van der Waals surface area contributed by atoms with Crippen LogP contribution in [0.1, 0.15) is 40.2 Å². The Bertz CT molecular complexity index is 577. The molecule has 6 heteroatoms. The molecular weight excluding hydrogens is 354 g/mol. The molecule has 1 rings (SSSR count). The molecule has 0 atom stereocenters. The van der Waals surface area contributed by atoms with Crippen LogP contribution in [0.4, 0.5) is 0 Å². The molecule has 0 heterocycles. The molecule has 0 radical (unpaired) electrons. The Morgan fingerprint density at radius 3 is 2.43 bits per heavy atom. The van der Waals surface area contributed by atoms with Gasteiger partial charge >= 0.3 is 0 Å². The van der Waals surface area contributed by atoms with Crippen LogP contribution in [0.2, 0.25) is 0 Å². The van der Waals surface area contributed by atoms with Crippen LogP contribution >= 0.6 is 15.9 Å². The second-order valence-electron chi connectivity index (χ2n) is 6.53. The van der Waals surface area contributed by atoms with Gasteiger partial charge in [-0.2, -0.15) is 0 Å². The summed E-state index contributed by atoms with van der Waals surface area (Å²) in [6.45, 7) is 10.6. The Kier molecular flexibility index (Phi) is 6.40. The zero-order valence-corrected chi connectivity index (χ0v) is 15.6. The van der Waals surface area contributed by atoms with E-state index in [0.717, 1.165) is 5.56 Å². The van der Waals surface area contributed by atoms with Gasteiger partial charge in [-0.15, -0.1) is 0 Å². The third kappa shape index (κ3) is 6.46. The van der Waals surface area contributed by atoms with Crippen molar-refractivity contribution in [2.45, 2.75) is 51.7 Å². The minimum Gasteiger partial charge on any atom is -0.377 e. The van der Waals surface area contributed by atoms with Gasteiger partial charge in [0.15, 0.2) is 0 Å². The summed E-state index contributed by atoms with van der Waals surface area (Å²) in [6, 6.07) is 5.25. The van der Waals surface area contributed by atoms with Gasteiger partial charge in [0.25, 0.3) is 0 Å². The summed E-state index contributed by atoms with van der Waals surface area (Å²) in [7, 11) is -3.56. The highest BCUT2D eigenvalue weighted by Crippen LogP contribution is 2.24. The molecule has 0 aliphatic heterocycles. The second kappa shape index (κ2) is 7.22. The van der Waals surface area contributed by atoms with Gasteiger partial charge in [-0.1, -0.05) is 19.9 Å². The maximum atomic E-state index is 12.4. The van der Waals surface area contributed by atoms with Crippen LogP contribution in [0.3, 0.4) is 0 Å². The van der Waals surface area contributed by atoms with Crippen molar-refractivity contribution in [3.63, 3.8) is 0 Å². The third-order valence-electron chi connectivity index (χ3n) is 2.45. The van der Waals surface area contributed by atoms with Gasteiger partial charge in [0, 0.05) is 16.6 Å². The van der Waals surface area contributed by atoms with Crippen molar-refractivity contribution in [3.05, 3.63) is 28.2 Å². The molecule has 0 aromatic heterocycles. The summed E-state index contributed by atoms with van der Waals surface area (Å²) in [6.07, 6.45) is 0. The van der Waals surface area contributed by atoms with Crippen molar-refractivity contribution in [1.82, 2.24) is 4.72 Å². The zero-order valence-electron chi connectivity index (χ0n) is 13.2. The van der Waals surface area contributed by atoms with Crippen LogP contribution in [-0.4, -0.2) is 20.6 Å². The first-order valence-electron chi connectivity index (χ1n) is 6.91. The van der Waals surface area contributed by atoms with Gasteiger partial charge in [0.05, 0.1) is 11.5 Å². The molecule has 0 saturated heterocycles. The third-order valence-corrected chi connectivity index (χ3v) is 5.20. The highest BCUT2D eigenvalue weighted by atomic mass is 79.9. The standard InChI is InChI=1S/C15H24BrNO3S/c1-11(2)9-20-10-12-6-7-13(16)14(8-12)21(18,19)17-15(3,4)5/h6-8,11,17H,9-10H2,1-5H3. The smallest absolute Gasteiger partial charge is 0.242 e. The lowest BCUT2D eigenvalue weighted by atomic mass is 10.1. The minimum absolute atomic E-state index is 0.239. The number of benzene rings is 1. The van der Waals surface area contributed by atoms with Crippen LogP contribution in [0.25, 0.3) is 0 Å². The molecule has 0 bridgehead atoms. The summed E-state index contributed by atoms with van der Waals surface area (Å²) in [5.41, 5.74) is 0.315. The van der Waals surface area contributed by atoms with Crippen LogP contribution in [-0.2, 0) is 21.4 Å². The van der Waals surface area contributed by atoms with E-state index in [-0.39, 0.29) is 4.90 Å². The maximum Gasteiger partial charge on any atom is 0.242 e. The van der Waals surface area contributed by atoms with E-state index in [2.05, 4.69) is 34.5 Å². The summed E-state index contributed by atoms with van der Waals surface area (Å²) in [5, 5.41) is 0. The zero-order chi connectivity index (χ0) is 16.3. The average Bonchev–Trinajstić information content (AvgIpc) is 2.27. The highest BCUT2D eigenvalue weighted by molar-refractivity contribution is 9.10. The van der Waals surface area contributed by atoms with Gasteiger partial charge in [0.1, 0.15) is 0 Å². The number of nitrogens with one attached hydrogen (secondary N) is 1. The molecule has 1 N–H and O–H groups in total. The molecule has 0 aliphatic rings. The van der Waals surface area contributed by atoms with Crippen molar-refractivity contribution in [3.8, 4) is 0 Å². The van der Waals surface area contributed by atoms with Crippen molar-refractivity contribution in [2.75, 3.05) is 6.61 Å². The molecule has 1 aromatic rings. The summed E-state index contributed by atoms with van der Waals surface area (Å²) < 4.78 is 33.6. The fourth-order valence-corrected chi connectivity index (χ4v) is 4.15. The molecule has 0 aliphatic carbocycles. The normalized spacial score (nSPS) is 12.9. The summed E-state index contributed by atoms with van der Waals surface area (Å²) in [4.78, 5) is 0.239. The Morgan fingerprint density at radius 2 is 1.90 bits per heavy atom. The van der Waals surface area contributed by atoms with Gasteiger partial charge < -0.3 is 4.74 Å². The van der Waals surface area contributed by atoms with Crippen LogP contribution < -0.4 is 4.72 Å². The van der Waals surface area contributed by atoms with Crippen molar-refractivity contribution in [2.24, 2.45) is 5.92 Å². The van der Waals surface area contributed by atoms with Crippen LogP contribution in [0.5, 0.6) is 0 Å². The molecule has 0 fully saturated rings. The number of hydrogen-bond acceptors (Lipinski definition) is 3. The number of sulfonamides is 1. The molecule has 4 nitrogen and oxygen atoms in total. The van der Waals surface area contributed by atoms with Crippen molar-refractivity contribution < 1.29 is 13.2 Å². The summed E-state index contributed by atoms with van der Waals surface area (Å²) in [5.74, 6) is 0.450. The fraction of sp³-hybridized carbons (Fsp3) is 0.600. The van der Waals surface area contributed by atoms with Crippen LogP contribution in [0.15, 0.2) is 27.6 Å². The van der Waals surface area contributed by atoms with E-state index >= 15 is 0 Å². The van der Waals surface area contributed by atoms with E-state index in [1.54, 1.807) is 12.1 Å². The van der Waals surface area contributed by atoms with E-state index in [1.165, 1.54) is 0 Å². The Balaban J connectivity index is 2.97. The van der Waals surface area contributed by atoms with E-state index in [1.807, 2.05) is 26.8 Å². The topological polar surface area (TPSA) is 55.4 Å². The number of ether oxygens (including phenoxy) is 1. The molecule has 0 unspecified atom stereocenters. The van der Waals surface area contributed by atoms with Gasteiger partial charge in [-0.25, -0.2) is 13.1 Å². The van der Waals surface area contributed by atoms with E-state index in [0.29, 0.717) is 23.6 Å². The maximum absolute atomic E-state index is 12.4. The largest absolute Gasteiger partial charge is 0.377 e. The second-order valence-corrected chi connectivity index (χ2v) is 9.03. The SMILES string of the molecule is CC(C)COCc1ccc(Br)c(S(=O)(=O)NC(C)(C)C)c1. The van der Waals surface area contributed by atoms with Crippen molar-refractivity contribution >= 4 is 26.0 Å². The Morgan fingerprint density at radius 1 is 1.29 bits per heavy atom. The Hall–Kier alpha value is -0.430. The van der Waals surface area contributed by atoms with E-state index in [4.69, 9.17) is 4.74 Å². The monoisotopic (exact) mass is 377 g/mol. The predicted molar refractivity (Wildman–Crippen MR) is 88.7 cm³/mol. The first-order chi connectivity index (χ1) is 9.51. The molecule has 120 valence electrons. The van der Waals surface area contributed by atoms with Crippen LogP contribution in [0, 0.1) is 5.92 Å². The first kappa shape index (κ1) is 18.6. The molecule has 1 aromatic carbocycles. The van der Waals surface area contributed by atoms with Gasteiger partial charge in [-0.05, 0) is 60.3 Å². The molecule has 21 heavy (non-hydrogen) atoms. The van der Waals surface area contributed by atoms with E-state index in [9.17, 15) is 8.42 Å². The summed E-state index contributed by atoms with van der Waals surface area (Å²) >= 11 is 3.31. The number of halogens is 1. The molecule has 0 spiro atoms. The minimum atomic E-state index is -3.56. The lowest BCUT2D eigenvalue weighted by Crippen LogP contribution is -2.40. The first-order valence-corrected chi connectivity index (χ1v) is 9.19. The predicted octanol–water partition coefficient (Wildman–Crippen LogP) is 3.70. The molecule has 0 amide bonds. The molecule has 0 saturated carbocycles. The molecular formula is C15H24BrNO3S. The fourth-order valence-electron chi connectivity index (χ4n) is 1.71. The Labute approximate surface area is 136 Å². The van der Waals surface area contributed by atoms with Gasteiger partial charge in [0.2, 0.25) is 10.0 Å². The average molecular weight is 378 g/mol. The lowest BCUT2D eigenvalue weighted by molar-refractivity contribution is 0.0969.